The summed E-state index contributed by atoms with van der Waals surface area (Å²) >= 11 is 0. The van der Waals surface area contributed by atoms with Crippen molar-refractivity contribution in [3.8, 4) is 0 Å². The van der Waals surface area contributed by atoms with Crippen LogP contribution in [0.1, 0.15) is 15.9 Å². The molecule has 0 unspecified atom stereocenters. The van der Waals surface area contributed by atoms with Crippen LogP contribution >= 0.6 is 0 Å². The van der Waals surface area contributed by atoms with Crippen molar-refractivity contribution >= 4 is 11.6 Å². The SMILES string of the molecule is CN(CC(F)F)C(=O)c1cccc(C(F)(F)F)c1N. The van der Waals surface area contributed by atoms with Crippen molar-refractivity contribution < 1.29 is 26.7 Å². The first kappa shape index (κ1) is 15.2. The quantitative estimate of drug-likeness (QED) is 0.684. The van der Waals surface area contributed by atoms with Crippen LogP contribution in [0.15, 0.2) is 18.2 Å². The van der Waals surface area contributed by atoms with Crippen molar-refractivity contribution in [1.29, 1.82) is 0 Å². The smallest absolute Gasteiger partial charge is 0.398 e. The summed E-state index contributed by atoms with van der Waals surface area (Å²) in [7, 11) is 1.06. The summed E-state index contributed by atoms with van der Waals surface area (Å²) in [5, 5.41) is 0. The highest BCUT2D eigenvalue weighted by Crippen LogP contribution is 2.35. The first-order chi connectivity index (χ1) is 8.64. The fraction of sp³-hybridized carbons (Fsp3) is 0.364. The Morgan fingerprint density at radius 1 is 1.37 bits per heavy atom. The van der Waals surface area contributed by atoms with Crippen LogP contribution in [-0.2, 0) is 6.18 Å². The van der Waals surface area contributed by atoms with Crippen molar-refractivity contribution in [1.82, 2.24) is 4.90 Å². The molecule has 1 amide bonds. The van der Waals surface area contributed by atoms with Gasteiger partial charge >= 0.3 is 6.18 Å². The van der Waals surface area contributed by atoms with Crippen LogP contribution in [0.3, 0.4) is 0 Å². The lowest BCUT2D eigenvalue weighted by molar-refractivity contribution is -0.136. The van der Waals surface area contributed by atoms with Gasteiger partial charge in [-0.1, -0.05) is 6.07 Å². The number of para-hydroxylation sites is 1. The fourth-order valence-electron chi connectivity index (χ4n) is 1.49. The molecule has 3 nitrogen and oxygen atoms in total. The largest absolute Gasteiger partial charge is 0.418 e. The maximum atomic E-state index is 12.6. The number of carbonyl (C=O) groups is 1. The lowest BCUT2D eigenvalue weighted by atomic mass is 10.1. The molecule has 0 bridgehead atoms. The number of nitrogens with zero attached hydrogens (tertiary/aromatic N) is 1. The summed E-state index contributed by atoms with van der Waals surface area (Å²) in [6.07, 6.45) is -7.48. The Bertz CT molecular complexity index is 473. The lowest BCUT2D eigenvalue weighted by Crippen LogP contribution is -2.32. The van der Waals surface area contributed by atoms with E-state index in [2.05, 4.69) is 0 Å². The number of rotatable bonds is 3. The maximum Gasteiger partial charge on any atom is 0.418 e. The Morgan fingerprint density at radius 3 is 2.42 bits per heavy atom. The highest BCUT2D eigenvalue weighted by molar-refractivity contribution is 5.99. The molecule has 106 valence electrons. The van der Waals surface area contributed by atoms with Gasteiger partial charge < -0.3 is 10.6 Å². The standard InChI is InChI=1S/C11H11F5N2O/c1-18(5-8(12)13)10(19)6-3-2-4-7(9(6)17)11(14,15)16/h2-4,8H,5,17H2,1H3. The van der Waals surface area contributed by atoms with Crippen LogP contribution in [0.5, 0.6) is 0 Å². The summed E-state index contributed by atoms with van der Waals surface area (Å²) in [6, 6.07) is 2.79. The predicted octanol–water partition coefficient (Wildman–Crippen LogP) is 2.62. The molecule has 19 heavy (non-hydrogen) atoms. The molecule has 8 heteroatoms. The van der Waals surface area contributed by atoms with Crippen LogP contribution in [0.4, 0.5) is 27.6 Å². The number of carbonyl (C=O) groups excluding carboxylic acids is 1. The van der Waals surface area contributed by atoms with Gasteiger partial charge in [-0.3, -0.25) is 4.79 Å². The Morgan fingerprint density at radius 2 is 1.95 bits per heavy atom. The fourth-order valence-corrected chi connectivity index (χ4v) is 1.49. The number of amides is 1. The minimum Gasteiger partial charge on any atom is -0.398 e. The van der Waals surface area contributed by atoms with Crippen LogP contribution in [-0.4, -0.2) is 30.8 Å². The molecule has 0 atom stereocenters. The number of benzene rings is 1. The van der Waals surface area contributed by atoms with Gasteiger partial charge in [0.15, 0.2) is 0 Å². The van der Waals surface area contributed by atoms with Gasteiger partial charge in [-0.2, -0.15) is 13.2 Å². The van der Waals surface area contributed by atoms with E-state index < -0.39 is 41.9 Å². The van der Waals surface area contributed by atoms with E-state index in [1.165, 1.54) is 0 Å². The zero-order chi connectivity index (χ0) is 14.8. The maximum absolute atomic E-state index is 12.6. The summed E-state index contributed by atoms with van der Waals surface area (Å²) in [4.78, 5) is 12.3. The monoisotopic (exact) mass is 282 g/mol. The molecule has 0 aromatic heterocycles. The first-order valence-corrected chi connectivity index (χ1v) is 5.14. The van der Waals surface area contributed by atoms with E-state index in [1.54, 1.807) is 0 Å². The molecule has 0 saturated heterocycles. The van der Waals surface area contributed by atoms with E-state index in [-0.39, 0.29) is 0 Å². The molecular formula is C11H11F5N2O. The topological polar surface area (TPSA) is 46.3 Å². The van der Waals surface area contributed by atoms with E-state index in [0.717, 1.165) is 25.2 Å². The summed E-state index contributed by atoms with van der Waals surface area (Å²) in [6.45, 7) is -0.880. The van der Waals surface area contributed by atoms with E-state index in [9.17, 15) is 26.7 Å². The molecule has 2 N–H and O–H groups in total. The van der Waals surface area contributed by atoms with Crippen LogP contribution in [0, 0.1) is 0 Å². The van der Waals surface area contributed by atoms with Gasteiger partial charge in [0.05, 0.1) is 23.4 Å². The zero-order valence-electron chi connectivity index (χ0n) is 9.84. The molecule has 0 radical (unpaired) electrons. The van der Waals surface area contributed by atoms with Gasteiger partial charge in [0.25, 0.3) is 12.3 Å². The third-order valence-corrected chi connectivity index (χ3v) is 2.40. The molecule has 1 aromatic carbocycles. The van der Waals surface area contributed by atoms with E-state index in [0.29, 0.717) is 4.90 Å². The molecule has 0 heterocycles. The lowest BCUT2D eigenvalue weighted by Gasteiger charge is -2.19. The van der Waals surface area contributed by atoms with E-state index in [1.807, 2.05) is 0 Å². The third kappa shape index (κ3) is 3.55. The zero-order valence-corrected chi connectivity index (χ0v) is 9.84. The molecular weight excluding hydrogens is 271 g/mol. The van der Waals surface area contributed by atoms with Gasteiger partial charge in [-0.05, 0) is 12.1 Å². The van der Waals surface area contributed by atoms with Gasteiger partial charge in [0, 0.05) is 7.05 Å². The van der Waals surface area contributed by atoms with E-state index >= 15 is 0 Å². The molecule has 1 rings (SSSR count). The van der Waals surface area contributed by atoms with Gasteiger partial charge in [0.2, 0.25) is 0 Å². The number of halogens is 5. The number of hydrogen-bond acceptors (Lipinski definition) is 2. The minimum absolute atomic E-state index is 0.446. The average Bonchev–Trinajstić information content (AvgIpc) is 2.25. The van der Waals surface area contributed by atoms with Crippen LogP contribution in [0.25, 0.3) is 0 Å². The summed E-state index contributed by atoms with van der Waals surface area (Å²) in [5.41, 5.74) is 2.91. The summed E-state index contributed by atoms with van der Waals surface area (Å²) in [5.74, 6) is -0.983. The van der Waals surface area contributed by atoms with Gasteiger partial charge in [-0.15, -0.1) is 0 Å². The average molecular weight is 282 g/mol. The molecule has 0 fully saturated rings. The molecule has 0 aliphatic rings. The molecule has 0 spiro atoms. The van der Waals surface area contributed by atoms with Crippen molar-refractivity contribution in [2.24, 2.45) is 0 Å². The molecule has 0 aliphatic heterocycles. The number of hydrogen-bond donors (Lipinski definition) is 1. The van der Waals surface area contributed by atoms with Gasteiger partial charge in [-0.25, -0.2) is 8.78 Å². The normalized spacial score (nSPS) is 11.7. The third-order valence-electron chi connectivity index (χ3n) is 2.40. The second-order valence-corrected chi connectivity index (χ2v) is 3.84. The number of anilines is 1. The number of alkyl halides is 5. The van der Waals surface area contributed by atoms with Crippen LogP contribution < -0.4 is 5.73 Å². The highest BCUT2D eigenvalue weighted by atomic mass is 19.4. The Kier molecular flexibility index (Phi) is 4.33. The number of nitrogens with two attached hydrogens (primary N) is 1. The number of nitrogen functional groups attached to an aromatic ring is 1. The summed E-state index contributed by atoms with van der Waals surface area (Å²) < 4.78 is 62.0. The Balaban J connectivity index is 3.12. The predicted molar refractivity (Wildman–Crippen MR) is 58.8 cm³/mol. The second-order valence-electron chi connectivity index (χ2n) is 3.84. The Labute approximate surface area is 105 Å². The highest BCUT2D eigenvalue weighted by Gasteiger charge is 2.34. The van der Waals surface area contributed by atoms with E-state index in [4.69, 9.17) is 5.73 Å². The van der Waals surface area contributed by atoms with Crippen molar-refractivity contribution in [3.05, 3.63) is 29.3 Å². The van der Waals surface area contributed by atoms with Crippen molar-refractivity contribution in [3.63, 3.8) is 0 Å². The first-order valence-electron chi connectivity index (χ1n) is 5.14. The molecule has 0 aliphatic carbocycles. The molecule has 1 aromatic rings. The van der Waals surface area contributed by atoms with Crippen LogP contribution in [0.2, 0.25) is 0 Å². The second kappa shape index (κ2) is 5.41. The molecule has 0 saturated carbocycles. The van der Waals surface area contributed by atoms with Crippen molar-refractivity contribution in [2.45, 2.75) is 12.6 Å². The van der Waals surface area contributed by atoms with Gasteiger partial charge in [0.1, 0.15) is 0 Å². The Hall–Kier alpha value is -1.86. The minimum atomic E-state index is -4.71. The van der Waals surface area contributed by atoms with Crippen molar-refractivity contribution in [2.75, 3.05) is 19.3 Å².